The van der Waals surface area contributed by atoms with Crippen LogP contribution in [0.15, 0.2) is 24.3 Å². The molecule has 0 unspecified atom stereocenters. The number of amides is 1. The van der Waals surface area contributed by atoms with Crippen LogP contribution in [-0.4, -0.2) is 37.2 Å². The Kier molecular flexibility index (Phi) is 6.60. The van der Waals surface area contributed by atoms with Crippen molar-refractivity contribution in [3.8, 4) is 0 Å². The Labute approximate surface area is 112 Å². The first kappa shape index (κ1) is 15.2. The minimum absolute atomic E-state index is 0.00147. The predicted molar refractivity (Wildman–Crippen MR) is 71.2 cm³/mol. The number of hydrogen-bond donors (Lipinski definition) is 2. The Bertz CT molecular complexity index is 414. The van der Waals surface area contributed by atoms with Crippen molar-refractivity contribution in [1.29, 1.82) is 0 Å². The molecule has 0 aliphatic rings. The van der Waals surface area contributed by atoms with E-state index in [-0.39, 0.29) is 11.5 Å². The number of methoxy groups -OCH3 is 1. The maximum atomic E-state index is 11.5. The Morgan fingerprint density at radius 3 is 2.53 bits per heavy atom. The van der Waals surface area contributed by atoms with Gasteiger partial charge in [-0.15, -0.1) is 0 Å². The van der Waals surface area contributed by atoms with E-state index in [1.54, 1.807) is 31.4 Å². The second-order valence-corrected chi connectivity index (χ2v) is 4.20. The number of hydrogen-bond acceptors (Lipinski definition) is 3. The van der Waals surface area contributed by atoms with Gasteiger partial charge in [0.15, 0.2) is 0 Å². The molecule has 0 aromatic heterocycles. The summed E-state index contributed by atoms with van der Waals surface area (Å²) in [4.78, 5) is 22.2. The zero-order chi connectivity index (χ0) is 14.1. The molecule has 0 bridgehead atoms. The van der Waals surface area contributed by atoms with Crippen LogP contribution in [0.2, 0.25) is 0 Å². The molecule has 2 N–H and O–H groups in total. The molecule has 0 aliphatic heterocycles. The molecule has 5 nitrogen and oxygen atoms in total. The lowest BCUT2D eigenvalue weighted by Crippen LogP contribution is -2.25. The van der Waals surface area contributed by atoms with Gasteiger partial charge in [0.25, 0.3) is 0 Å². The molecule has 0 heterocycles. The highest BCUT2D eigenvalue weighted by Crippen LogP contribution is 2.06. The first-order chi connectivity index (χ1) is 9.13. The normalized spacial score (nSPS) is 10.2. The molecule has 0 aliphatic carbocycles. The van der Waals surface area contributed by atoms with Gasteiger partial charge >= 0.3 is 5.97 Å². The maximum absolute atomic E-state index is 11.5. The van der Waals surface area contributed by atoms with Gasteiger partial charge in [0.1, 0.15) is 0 Å². The van der Waals surface area contributed by atoms with E-state index in [4.69, 9.17) is 9.84 Å². The third kappa shape index (κ3) is 6.01. The first-order valence-corrected chi connectivity index (χ1v) is 6.21. The lowest BCUT2D eigenvalue weighted by molar-refractivity contribution is -0.121. The van der Waals surface area contributed by atoms with Crippen molar-refractivity contribution in [3.05, 3.63) is 35.4 Å². The van der Waals surface area contributed by atoms with Crippen molar-refractivity contribution in [2.45, 2.75) is 19.3 Å². The largest absolute Gasteiger partial charge is 0.478 e. The maximum Gasteiger partial charge on any atom is 0.335 e. The zero-order valence-electron chi connectivity index (χ0n) is 11.0. The van der Waals surface area contributed by atoms with Crippen molar-refractivity contribution in [2.75, 3.05) is 20.3 Å². The average molecular weight is 265 g/mol. The van der Waals surface area contributed by atoms with E-state index in [1.165, 1.54) is 0 Å². The van der Waals surface area contributed by atoms with Crippen LogP contribution in [0.25, 0.3) is 0 Å². The average Bonchev–Trinajstić information content (AvgIpc) is 2.42. The number of rotatable bonds is 8. The summed E-state index contributed by atoms with van der Waals surface area (Å²) in [5.41, 5.74) is 1.21. The number of benzene rings is 1. The van der Waals surface area contributed by atoms with Crippen molar-refractivity contribution in [2.24, 2.45) is 0 Å². The van der Waals surface area contributed by atoms with Gasteiger partial charge in [0.2, 0.25) is 5.91 Å². The number of carboxylic acid groups (broad SMARTS) is 1. The number of carbonyl (C=O) groups is 2. The molecule has 104 valence electrons. The number of carbonyl (C=O) groups excluding carboxylic acids is 1. The van der Waals surface area contributed by atoms with Crippen LogP contribution in [0.3, 0.4) is 0 Å². The van der Waals surface area contributed by atoms with Gasteiger partial charge in [-0.2, -0.15) is 0 Å². The number of ether oxygens (including phenoxy) is 1. The molecule has 1 rings (SSSR count). The van der Waals surface area contributed by atoms with E-state index in [1.807, 2.05) is 0 Å². The standard InChI is InChI=1S/C14H19NO4/c1-19-10-2-9-15-13(16)8-5-11-3-6-12(7-4-11)14(17)18/h3-4,6-7H,2,5,8-10H2,1H3,(H,15,16)(H,17,18). The summed E-state index contributed by atoms with van der Waals surface area (Å²) in [6.07, 6.45) is 1.81. The number of aromatic carboxylic acids is 1. The summed E-state index contributed by atoms with van der Waals surface area (Å²) < 4.78 is 4.88. The van der Waals surface area contributed by atoms with Crippen molar-refractivity contribution in [1.82, 2.24) is 5.32 Å². The van der Waals surface area contributed by atoms with Crippen molar-refractivity contribution >= 4 is 11.9 Å². The van der Waals surface area contributed by atoms with E-state index in [2.05, 4.69) is 5.32 Å². The predicted octanol–water partition coefficient (Wildman–Crippen LogP) is 1.47. The van der Waals surface area contributed by atoms with Crippen LogP contribution < -0.4 is 5.32 Å². The molecule has 0 atom stereocenters. The molecule has 0 radical (unpaired) electrons. The van der Waals surface area contributed by atoms with E-state index >= 15 is 0 Å². The summed E-state index contributed by atoms with van der Waals surface area (Å²) in [5.74, 6) is -0.944. The molecular weight excluding hydrogens is 246 g/mol. The minimum Gasteiger partial charge on any atom is -0.478 e. The minimum atomic E-state index is -0.942. The number of carboxylic acids is 1. The molecule has 5 heteroatoms. The molecular formula is C14H19NO4. The van der Waals surface area contributed by atoms with Gasteiger partial charge in [-0.1, -0.05) is 12.1 Å². The summed E-state index contributed by atoms with van der Waals surface area (Å²) in [6, 6.07) is 6.58. The molecule has 0 fully saturated rings. The van der Waals surface area contributed by atoms with Gasteiger partial charge in [0.05, 0.1) is 5.56 Å². The molecule has 0 saturated heterocycles. The second kappa shape index (κ2) is 8.26. The smallest absolute Gasteiger partial charge is 0.335 e. The third-order valence-corrected chi connectivity index (χ3v) is 2.69. The lowest BCUT2D eigenvalue weighted by Gasteiger charge is -2.05. The molecule has 1 aromatic rings. The van der Waals surface area contributed by atoms with Gasteiger partial charge in [-0.3, -0.25) is 4.79 Å². The van der Waals surface area contributed by atoms with Crippen LogP contribution in [0.1, 0.15) is 28.8 Å². The zero-order valence-corrected chi connectivity index (χ0v) is 11.0. The van der Waals surface area contributed by atoms with E-state index < -0.39 is 5.97 Å². The molecule has 1 amide bonds. The van der Waals surface area contributed by atoms with Gasteiger partial charge in [-0.05, 0) is 30.5 Å². The Hall–Kier alpha value is -1.88. The lowest BCUT2D eigenvalue weighted by atomic mass is 10.1. The van der Waals surface area contributed by atoms with Crippen LogP contribution in [0.5, 0.6) is 0 Å². The van der Waals surface area contributed by atoms with E-state index in [9.17, 15) is 9.59 Å². The monoisotopic (exact) mass is 265 g/mol. The summed E-state index contributed by atoms with van der Waals surface area (Å²) in [5, 5.41) is 11.6. The highest BCUT2D eigenvalue weighted by atomic mass is 16.5. The van der Waals surface area contributed by atoms with Crippen LogP contribution in [0.4, 0.5) is 0 Å². The highest BCUT2D eigenvalue weighted by Gasteiger charge is 2.04. The summed E-state index contributed by atoms with van der Waals surface area (Å²) in [6.45, 7) is 1.25. The summed E-state index contributed by atoms with van der Waals surface area (Å²) in [7, 11) is 1.63. The Morgan fingerprint density at radius 2 is 1.95 bits per heavy atom. The van der Waals surface area contributed by atoms with E-state index in [0.717, 1.165) is 12.0 Å². The fourth-order valence-electron chi connectivity index (χ4n) is 1.60. The van der Waals surface area contributed by atoms with Crippen LogP contribution >= 0.6 is 0 Å². The quantitative estimate of drug-likeness (QED) is 0.698. The van der Waals surface area contributed by atoms with Gasteiger partial charge in [0, 0.05) is 26.7 Å². The summed E-state index contributed by atoms with van der Waals surface area (Å²) >= 11 is 0. The SMILES string of the molecule is COCCCNC(=O)CCc1ccc(C(=O)O)cc1. The van der Waals surface area contributed by atoms with Gasteiger partial charge in [-0.25, -0.2) is 4.79 Å². The second-order valence-electron chi connectivity index (χ2n) is 4.20. The van der Waals surface area contributed by atoms with Crippen LogP contribution in [-0.2, 0) is 16.0 Å². The van der Waals surface area contributed by atoms with Crippen LogP contribution in [0, 0.1) is 0 Å². The third-order valence-electron chi connectivity index (χ3n) is 2.69. The number of aryl methyl sites for hydroxylation is 1. The highest BCUT2D eigenvalue weighted by molar-refractivity contribution is 5.87. The Morgan fingerprint density at radius 1 is 1.26 bits per heavy atom. The molecule has 1 aromatic carbocycles. The first-order valence-electron chi connectivity index (χ1n) is 6.21. The van der Waals surface area contributed by atoms with Crippen molar-refractivity contribution in [3.63, 3.8) is 0 Å². The topological polar surface area (TPSA) is 75.6 Å². The van der Waals surface area contributed by atoms with E-state index in [0.29, 0.717) is 26.0 Å². The fraction of sp³-hybridized carbons (Fsp3) is 0.429. The molecule has 19 heavy (non-hydrogen) atoms. The molecule has 0 spiro atoms. The number of nitrogens with one attached hydrogen (secondary N) is 1. The van der Waals surface area contributed by atoms with Crippen molar-refractivity contribution < 1.29 is 19.4 Å². The van der Waals surface area contributed by atoms with Gasteiger partial charge < -0.3 is 15.2 Å². The molecule has 0 saturated carbocycles. The fourth-order valence-corrected chi connectivity index (χ4v) is 1.60. The Balaban J connectivity index is 2.28.